The summed E-state index contributed by atoms with van der Waals surface area (Å²) in [6, 6.07) is 12.2. The third kappa shape index (κ3) is 4.26. The summed E-state index contributed by atoms with van der Waals surface area (Å²) >= 11 is 2.62. The van der Waals surface area contributed by atoms with E-state index in [4.69, 9.17) is 4.98 Å². The van der Waals surface area contributed by atoms with E-state index in [1.165, 1.54) is 27.0 Å². The lowest BCUT2D eigenvalue weighted by atomic mass is 10.1. The molecule has 1 atom stereocenters. The van der Waals surface area contributed by atoms with E-state index < -0.39 is 16.1 Å². The number of fused-ring (bicyclic) bond motifs is 1. The first kappa shape index (κ1) is 23.1. The van der Waals surface area contributed by atoms with E-state index in [1.54, 1.807) is 28.6 Å². The number of aryl methyl sites for hydroxylation is 2. The molecule has 0 saturated carbocycles. The number of hydrogen-bond donors (Lipinski definition) is 0. The molecule has 4 heterocycles. The Hall–Kier alpha value is -2.66. The van der Waals surface area contributed by atoms with E-state index in [0.717, 1.165) is 21.3 Å². The van der Waals surface area contributed by atoms with Gasteiger partial charge in [-0.25, -0.2) is 13.4 Å². The molecule has 1 aliphatic heterocycles. The molecule has 1 amide bonds. The lowest BCUT2D eigenvalue weighted by molar-refractivity contribution is -0.121. The quantitative estimate of drug-likeness (QED) is 0.372. The normalized spacial score (nSPS) is 16.8. The van der Waals surface area contributed by atoms with Crippen molar-refractivity contribution in [1.82, 2.24) is 14.3 Å². The van der Waals surface area contributed by atoms with Crippen molar-refractivity contribution in [2.75, 3.05) is 11.4 Å². The summed E-state index contributed by atoms with van der Waals surface area (Å²) in [5, 5.41) is 2.29. The van der Waals surface area contributed by atoms with Gasteiger partial charge in [0.05, 0.1) is 22.5 Å². The van der Waals surface area contributed by atoms with Crippen LogP contribution >= 0.6 is 22.7 Å². The Bertz CT molecular complexity index is 1430. The van der Waals surface area contributed by atoms with E-state index in [-0.39, 0.29) is 16.7 Å². The molecule has 0 bridgehead atoms. The van der Waals surface area contributed by atoms with Crippen LogP contribution in [0.2, 0.25) is 0 Å². The van der Waals surface area contributed by atoms with Crippen LogP contribution in [0.1, 0.15) is 29.7 Å². The topological polar surface area (TPSA) is 83.5 Å². The molecule has 34 heavy (non-hydrogen) atoms. The standard InChI is InChI=1S/C24H24N4O3S3/c1-16-13-17(2)22-20(14-16)33-24(26-22)27(15-18-7-3-4-10-25-18)23(29)19-8-5-11-28(19)34(30,31)21-9-6-12-32-21/h3-4,6-7,9-10,12-14,19H,5,8,11,15H2,1-2H3. The van der Waals surface area contributed by atoms with Gasteiger partial charge in [0.25, 0.3) is 10.0 Å². The number of pyridine rings is 1. The van der Waals surface area contributed by atoms with Gasteiger partial charge in [0.2, 0.25) is 5.91 Å². The second kappa shape index (κ2) is 9.18. The van der Waals surface area contributed by atoms with Gasteiger partial charge < -0.3 is 0 Å². The largest absolute Gasteiger partial charge is 0.281 e. The van der Waals surface area contributed by atoms with Crippen molar-refractivity contribution in [2.45, 2.75) is 43.5 Å². The van der Waals surface area contributed by atoms with Crippen LogP contribution in [-0.4, -0.2) is 41.2 Å². The maximum absolute atomic E-state index is 14.0. The molecular formula is C24H24N4O3S3. The molecule has 1 unspecified atom stereocenters. The number of carbonyl (C=O) groups is 1. The minimum atomic E-state index is -3.74. The van der Waals surface area contributed by atoms with Crippen molar-refractivity contribution in [1.29, 1.82) is 0 Å². The summed E-state index contributed by atoms with van der Waals surface area (Å²) in [4.78, 5) is 24.8. The van der Waals surface area contributed by atoms with Crippen LogP contribution in [-0.2, 0) is 21.4 Å². The van der Waals surface area contributed by atoms with E-state index in [2.05, 4.69) is 17.1 Å². The smallest absolute Gasteiger partial charge is 0.253 e. The van der Waals surface area contributed by atoms with Gasteiger partial charge >= 0.3 is 0 Å². The van der Waals surface area contributed by atoms with Gasteiger partial charge in [-0.05, 0) is 67.5 Å². The van der Waals surface area contributed by atoms with Gasteiger partial charge in [0, 0.05) is 12.7 Å². The number of sulfonamides is 1. The number of hydrogen-bond acceptors (Lipinski definition) is 7. The Morgan fingerprint density at radius 1 is 1.21 bits per heavy atom. The first-order valence-corrected chi connectivity index (χ1v) is 14.1. The third-order valence-electron chi connectivity index (χ3n) is 5.91. The second-order valence-electron chi connectivity index (χ2n) is 8.38. The average molecular weight is 513 g/mol. The number of nitrogens with zero attached hydrogens (tertiary/aromatic N) is 4. The summed E-state index contributed by atoms with van der Waals surface area (Å²) in [5.74, 6) is -0.267. The van der Waals surface area contributed by atoms with Crippen LogP contribution in [0.15, 0.2) is 58.3 Å². The van der Waals surface area contributed by atoms with Crippen molar-refractivity contribution in [3.05, 3.63) is 70.9 Å². The van der Waals surface area contributed by atoms with Crippen LogP contribution in [0.25, 0.3) is 10.2 Å². The molecule has 7 nitrogen and oxygen atoms in total. The molecule has 0 aliphatic carbocycles. The molecule has 1 saturated heterocycles. The fraction of sp³-hybridized carbons (Fsp3) is 0.292. The minimum absolute atomic E-state index is 0.223. The highest BCUT2D eigenvalue weighted by atomic mass is 32.2. The Labute approximate surface area is 206 Å². The van der Waals surface area contributed by atoms with E-state index in [1.807, 2.05) is 32.0 Å². The van der Waals surface area contributed by atoms with Crippen LogP contribution in [0, 0.1) is 13.8 Å². The van der Waals surface area contributed by atoms with E-state index in [0.29, 0.717) is 30.2 Å². The van der Waals surface area contributed by atoms with Crippen LogP contribution in [0.5, 0.6) is 0 Å². The number of thiazole rings is 1. The van der Waals surface area contributed by atoms with Crippen LogP contribution in [0.4, 0.5) is 5.13 Å². The molecule has 0 radical (unpaired) electrons. The summed E-state index contributed by atoms with van der Waals surface area (Å²) in [6.45, 7) is 4.59. The number of aromatic nitrogens is 2. The van der Waals surface area contributed by atoms with Crippen LogP contribution in [0.3, 0.4) is 0 Å². The number of anilines is 1. The molecule has 5 rings (SSSR count). The summed E-state index contributed by atoms with van der Waals surface area (Å²) in [5.41, 5.74) is 3.75. The van der Waals surface area contributed by atoms with Crippen molar-refractivity contribution in [2.24, 2.45) is 0 Å². The van der Waals surface area contributed by atoms with Gasteiger partial charge in [-0.3, -0.25) is 14.7 Å². The third-order valence-corrected chi connectivity index (χ3v) is 10.2. The van der Waals surface area contributed by atoms with Crippen molar-refractivity contribution in [3.63, 3.8) is 0 Å². The Morgan fingerprint density at radius 3 is 2.79 bits per heavy atom. The number of rotatable bonds is 6. The summed E-state index contributed by atoms with van der Waals surface area (Å²) in [7, 11) is -3.74. The fourth-order valence-corrected chi connectivity index (χ4v) is 8.27. The molecule has 10 heteroatoms. The highest BCUT2D eigenvalue weighted by molar-refractivity contribution is 7.91. The molecule has 3 aromatic heterocycles. The molecular weight excluding hydrogens is 488 g/mol. The maximum atomic E-state index is 14.0. The monoisotopic (exact) mass is 512 g/mol. The SMILES string of the molecule is Cc1cc(C)c2nc(N(Cc3ccccn3)C(=O)C3CCCN3S(=O)(=O)c3cccs3)sc2c1. The van der Waals surface area contributed by atoms with Gasteiger partial charge in [-0.15, -0.1) is 11.3 Å². The molecule has 1 aliphatic rings. The van der Waals surface area contributed by atoms with Crippen molar-refractivity contribution >= 4 is 54.0 Å². The average Bonchev–Trinajstić information content (AvgIpc) is 3.58. The van der Waals surface area contributed by atoms with Gasteiger partial charge in [0.15, 0.2) is 5.13 Å². The predicted molar refractivity (Wildman–Crippen MR) is 136 cm³/mol. The molecule has 1 aromatic carbocycles. The lowest BCUT2D eigenvalue weighted by Gasteiger charge is -2.28. The first-order valence-electron chi connectivity index (χ1n) is 11.0. The number of thiophene rings is 1. The van der Waals surface area contributed by atoms with Crippen LogP contribution < -0.4 is 4.90 Å². The first-order chi connectivity index (χ1) is 16.3. The zero-order valence-electron chi connectivity index (χ0n) is 18.8. The zero-order chi connectivity index (χ0) is 23.9. The predicted octanol–water partition coefficient (Wildman–Crippen LogP) is 4.76. The fourth-order valence-electron chi connectivity index (χ4n) is 4.35. The number of carbonyl (C=O) groups excluding carboxylic acids is 1. The highest BCUT2D eigenvalue weighted by Gasteiger charge is 2.42. The molecule has 1 fully saturated rings. The Morgan fingerprint density at radius 2 is 2.06 bits per heavy atom. The van der Waals surface area contributed by atoms with Crippen molar-refractivity contribution < 1.29 is 13.2 Å². The van der Waals surface area contributed by atoms with E-state index in [9.17, 15) is 13.2 Å². The number of benzene rings is 1. The minimum Gasteiger partial charge on any atom is -0.281 e. The summed E-state index contributed by atoms with van der Waals surface area (Å²) in [6.07, 6.45) is 2.80. The number of amides is 1. The van der Waals surface area contributed by atoms with Gasteiger partial charge in [-0.2, -0.15) is 4.31 Å². The lowest BCUT2D eigenvalue weighted by Crippen LogP contribution is -2.47. The molecule has 4 aromatic rings. The molecule has 0 N–H and O–H groups in total. The van der Waals surface area contributed by atoms with Gasteiger partial charge in [-0.1, -0.05) is 29.5 Å². The Kier molecular flexibility index (Phi) is 6.24. The molecule has 176 valence electrons. The van der Waals surface area contributed by atoms with Crippen molar-refractivity contribution in [3.8, 4) is 0 Å². The zero-order valence-corrected chi connectivity index (χ0v) is 21.3. The van der Waals surface area contributed by atoms with Gasteiger partial charge in [0.1, 0.15) is 10.3 Å². The maximum Gasteiger partial charge on any atom is 0.253 e. The summed E-state index contributed by atoms with van der Waals surface area (Å²) < 4.78 is 29.2. The molecule has 0 spiro atoms. The highest BCUT2D eigenvalue weighted by Crippen LogP contribution is 2.35. The second-order valence-corrected chi connectivity index (χ2v) is 12.5. The van der Waals surface area contributed by atoms with E-state index >= 15 is 0 Å². The Balaban J connectivity index is 1.55.